The number of hydrogen-bond acceptors (Lipinski definition) is 2. The second kappa shape index (κ2) is 4.04. The summed E-state index contributed by atoms with van der Waals surface area (Å²) in [6, 6.07) is 8.47. The van der Waals surface area contributed by atoms with Gasteiger partial charge >= 0.3 is 0 Å². The number of benzene rings is 1. The van der Waals surface area contributed by atoms with Crippen LogP contribution < -0.4 is 4.90 Å². The number of thiocarbonyl (C=S) groups is 1. The average molecular weight is 241 g/mol. The molecule has 4 heteroatoms. The van der Waals surface area contributed by atoms with Crippen LogP contribution in [0.3, 0.4) is 0 Å². The van der Waals surface area contributed by atoms with Crippen molar-refractivity contribution in [1.29, 1.82) is 0 Å². The van der Waals surface area contributed by atoms with Crippen LogP contribution in [0.1, 0.15) is 0 Å². The molecule has 0 bridgehead atoms. The van der Waals surface area contributed by atoms with E-state index in [0.717, 1.165) is 5.88 Å². The van der Waals surface area contributed by atoms with Crippen LogP contribution in [0.25, 0.3) is 0 Å². The highest BCUT2D eigenvalue weighted by Crippen LogP contribution is 2.42. The van der Waals surface area contributed by atoms with E-state index in [1.54, 1.807) is 0 Å². The van der Waals surface area contributed by atoms with E-state index >= 15 is 0 Å². The number of hydrogen-bond donors (Lipinski definition) is 1. The Morgan fingerprint density at radius 3 is 3.00 bits per heavy atom. The van der Waals surface area contributed by atoms with Crippen molar-refractivity contribution in [3.8, 4) is 0 Å². The summed E-state index contributed by atoms with van der Waals surface area (Å²) in [6.07, 6.45) is 0. The van der Waals surface area contributed by atoms with Crippen molar-refractivity contribution in [1.82, 2.24) is 0 Å². The Bertz CT molecular complexity index is 412. The number of nitrogens with zero attached hydrogens (tertiary/aromatic N) is 1. The smallest absolute Gasteiger partial charge is 0.0734 e. The van der Waals surface area contributed by atoms with E-state index in [0.29, 0.717) is 4.20 Å². The van der Waals surface area contributed by atoms with Crippen molar-refractivity contribution < 1.29 is 0 Å². The van der Waals surface area contributed by atoms with Gasteiger partial charge in [0.15, 0.2) is 0 Å². The summed E-state index contributed by atoms with van der Waals surface area (Å²) in [6.45, 7) is 0. The van der Waals surface area contributed by atoms with Crippen molar-refractivity contribution in [2.24, 2.45) is 0 Å². The molecule has 0 radical (unpaired) electrons. The summed E-state index contributed by atoms with van der Waals surface area (Å²) in [4.78, 5) is 3.65. The second-order valence-electron chi connectivity index (χ2n) is 3.18. The topological polar surface area (TPSA) is 3.24 Å². The molecule has 1 aliphatic rings. The van der Waals surface area contributed by atoms with Gasteiger partial charge in [0.25, 0.3) is 0 Å². The molecule has 74 valence electrons. The molecule has 1 heterocycles. The molecule has 1 aromatic rings. The van der Waals surface area contributed by atoms with Crippen LogP contribution in [0.4, 0.5) is 5.69 Å². The molecule has 0 aromatic heterocycles. The van der Waals surface area contributed by atoms with E-state index in [4.69, 9.17) is 12.2 Å². The fraction of sp³-hybridized carbons (Fsp3) is 0.200. The summed E-state index contributed by atoms with van der Waals surface area (Å²) in [5, 5.41) is 2.07. The Balaban J connectivity index is 2.49. The standard InChI is InChI=1S/C10H11NS3/c1-11-7-14(6-10(12)13)9-5-3-2-4-8(9)11/h2-6H,7H2,1H3,(H,12,13). The van der Waals surface area contributed by atoms with Crippen LogP contribution in [-0.2, 0) is 0 Å². The molecule has 0 spiro atoms. The maximum absolute atomic E-state index is 5.00. The molecule has 0 fully saturated rings. The summed E-state index contributed by atoms with van der Waals surface area (Å²) in [7, 11) is 2.23. The molecule has 0 aliphatic carbocycles. The molecular weight excluding hydrogens is 230 g/mol. The number of thiol groups is 1. The lowest BCUT2D eigenvalue weighted by atomic mass is 10.3. The third-order valence-corrected chi connectivity index (χ3v) is 4.80. The average Bonchev–Trinajstić information content (AvgIpc) is 2.44. The first-order chi connectivity index (χ1) is 6.68. The lowest BCUT2D eigenvalue weighted by Crippen LogP contribution is -2.11. The first-order valence-corrected chi connectivity index (χ1v) is 6.57. The van der Waals surface area contributed by atoms with Crippen LogP contribution in [0.15, 0.2) is 29.2 Å². The Labute approximate surface area is 97.5 Å². The summed E-state index contributed by atoms with van der Waals surface area (Å²) < 4.78 is 0.693. The van der Waals surface area contributed by atoms with Gasteiger partial charge in [-0.1, -0.05) is 24.4 Å². The summed E-state index contributed by atoms with van der Waals surface area (Å²) >= 11 is 9.16. The highest BCUT2D eigenvalue weighted by molar-refractivity contribution is 8.23. The first kappa shape index (κ1) is 10.2. The van der Waals surface area contributed by atoms with E-state index in [1.165, 1.54) is 10.6 Å². The van der Waals surface area contributed by atoms with Gasteiger partial charge < -0.3 is 4.90 Å². The normalized spacial score (nSPS) is 19.9. The van der Waals surface area contributed by atoms with Gasteiger partial charge in [0.1, 0.15) is 0 Å². The zero-order valence-electron chi connectivity index (χ0n) is 7.80. The Kier molecular flexibility index (Phi) is 2.95. The maximum Gasteiger partial charge on any atom is 0.0734 e. The van der Waals surface area contributed by atoms with Crippen molar-refractivity contribution >= 4 is 50.6 Å². The highest BCUT2D eigenvalue weighted by atomic mass is 32.2. The lowest BCUT2D eigenvalue weighted by molar-refractivity contribution is 1.10. The fourth-order valence-electron chi connectivity index (χ4n) is 1.56. The van der Waals surface area contributed by atoms with E-state index in [1.807, 2.05) is 0 Å². The molecule has 0 N–H and O–H groups in total. The maximum atomic E-state index is 5.00. The third kappa shape index (κ3) is 1.87. The quantitative estimate of drug-likeness (QED) is 0.595. The molecule has 1 nitrogen and oxygen atoms in total. The van der Waals surface area contributed by atoms with Crippen LogP contribution in [-0.4, -0.2) is 22.5 Å². The van der Waals surface area contributed by atoms with Gasteiger partial charge in [-0.15, -0.1) is 23.1 Å². The zero-order chi connectivity index (χ0) is 10.1. The molecule has 1 aliphatic heterocycles. The summed E-state index contributed by atoms with van der Waals surface area (Å²) in [5.74, 6) is 1.03. The largest absolute Gasteiger partial charge is 0.365 e. The van der Waals surface area contributed by atoms with E-state index in [2.05, 4.69) is 54.2 Å². The van der Waals surface area contributed by atoms with Crippen LogP contribution in [0.5, 0.6) is 0 Å². The molecule has 0 saturated heterocycles. The fourth-order valence-corrected chi connectivity index (χ4v) is 4.18. The minimum absolute atomic E-state index is 0.121. The molecule has 1 unspecified atom stereocenters. The molecule has 1 atom stereocenters. The Morgan fingerprint density at radius 2 is 2.29 bits per heavy atom. The number of fused-ring (bicyclic) bond motifs is 1. The molecule has 1 aromatic carbocycles. The van der Waals surface area contributed by atoms with Crippen LogP contribution in [0, 0.1) is 0 Å². The van der Waals surface area contributed by atoms with Gasteiger partial charge in [-0.2, -0.15) is 0 Å². The molecule has 0 amide bonds. The van der Waals surface area contributed by atoms with Crippen molar-refractivity contribution in [2.75, 3.05) is 17.8 Å². The monoisotopic (exact) mass is 241 g/mol. The Hall–Kier alpha value is -0.320. The van der Waals surface area contributed by atoms with Gasteiger partial charge in [-0.05, 0) is 17.5 Å². The molecule has 14 heavy (non-hydrogen) atoms. The van der Waals surface area contributed by atoms with Crippen LogP contribution >= 0.6 is 35.3 Å². The number of anilines is 1. The third-order valence-electron chi connectivity index (χ3n) is 2.13. The number of para-hydroxylation sites is 1. The zero-order valence-corrected chi connectivity index (χ0v) is 10.3. The first-order valence-electron chi connectivity index (χ1n) is 4.26. The van der Waals surface area contributed by atoms with Gasteiger partial charge in [-0.3, -0.25) is 0 Å². The van der Waals surface area contributed by atoms with Crippen LogP contribution in [0.2, 0.25) is 0 Å². The van der Waals surface area contributed by atoms with Gasteiger partial charge in [-0.25, -0.2) is 0 Å². The second-order valence-corrected chi connectivity index (χ2v) is 6.20. The minimum Gasteiger partial charge on any atom is -0.365 e. The SMILES string of the molecule is CN1CS(=CC(=S)S)c2ccccc21. The molecule has 2 rings (SSSR count). The van der Waals surface area contributed by atoms with Crippen molar-refractivity contribution in [3.63, 3.8) is 0 Å². The summed E-state index contributed by atoms with van der Waals surface area (Å²) in [5.41, 5.74) is 1.32. The lowest BCUT2D eigenvalue weighted by Gasteiger charge is -2.09. The van der Waals surface area contributed by atoms with Crippen molar-refractivity contribution in [2.45, 2.75) is 4.90 Å². The van der Waals surface area contributed by atoms with E-state index < -0.39 is 0 Å². The van der Waals surface area contributed by atoms with Gasteiger partial charge in [0, 0.05) is 11.9 Å². The van der Waals surface area contributed by atoms with E-state index in [9.17, 15) is 0 Å². The van der Waals surface area contributed by atoms with Crippen molar-refractivity contribution in [3.05, 3.63) is 24.3 Å². The predicted molar refractivity (Wildman–Crippen MR) is 73.2 cm³/mol. The molecular formula is C10H11NS3. The predicted octanol–water partition coefficient (Wildman–Crippen LogP) is 2.78. The van der Waals surface area contributed by atoms with Gasteiger partial charge in [0.2, 0.25) is 0 Å². The molecule has 0 saturated carbocycles. The van der Waals surface area contributed by atoms with Gasteiger partial charge in [0.05, 0.1) is 15.8 Å². The Morgan fingerprint density at radius 1 is 1.57 bits per heavy atom. The minimum atomic E-state index is 0.121. The highest BCUT2D eigenvalue weighted by Gasteiger charge is 2.18. The van der Waals surface area contributed by atoms with E-state index in [-0.39, 0.29) is 10.5 Å². The number of rotatable bonds is 1.